The number of aryl methyl sites for hydroxylation is 1. The summed E-state index contributed by atoms with van der Waals surface area (Å²) in [7, 11) is -3.53. The third kappa shape index (κ3) is 2.74. The molecule has 0 bridgehead atoms. The predicted octanol–water partition coefficient (Wildman–Crippen LogP) is 2.35. The molecule has 23 heavy (non-hydrogen) atoms. The van der Waals surface area contributed by atoms with E-state index in [0.717, 1.165) is 15.6 Å². The molecule has 1 saturated carbocycles. The number of sulfone groups is 1. The monoisotopic (exact) mass is 394 g/mol. The molecule has 0 radical (unpaired) electrons. The molecule has 1 fully saturated rings. The molecule has 4 N–H and O–H groups in total. The molecular weight excluding hydrogens is 376 g/mol. The topological polar surface area (TPSA) is 86.2 Å². The van der Waals surface area contributed by atoms with Gasteiger partial charge in [0.1, 0.15) is 0 Å². The van der Waals surface area contributed by atoms with Crippen LogP contribution in [-0.4, -0.2) is 25.8 Å². The fourth-order valence-electron chi connectivity index (χ4n) is 3.16. The molecule has 1 aliphatic rings. The van der Waals surface area contributed by atoms with Crippen LogP contribution in [0.25, 0.3) is 0 Å². The first kappa shape index (κ1) is 16.6. The second-order valence-electron chi connectivity index (χ2n) is 6.12. The van der Waals surface area contributed by atoms with Crippen molar-refractivity contribution in [3.05, 3.63) is 64.1 Å². The highest BCUT2D eigenvalue weighted by Crippen LogP contribution is 2.55. The minimum absolute atomic E-state index is 0.128. The average Bonchev–Trinajstić information content (AvgIpc) is 3.16. The minimum atomic E-state index is -3.53. The zero-order chi connectivity index (χ0) is 16.8. The maximum atomic E-state index is 13.0. The van der Waals surface area contributed by atoms with Gasteiger partial charge in [-0.25, -0.2) is 8.42 Å². The summed E-state index contributed by atoms with van der Waals surface area (Å²) in [5.41, 5.74) is 13.2. The first-order chi connectivity index (χ1) is 10.8. The van der Waals surface area contributed by atoms with Gasteiger partial charge in [-0.05, 0) is 36.8 Å². The highest BCUT2D eigenvalue weighted by Gasteiger charge is 2.68. The number of hydrogen-bond acceptors (Lipinski definition) is 4. The van der Waals surface area contributed by atoms with E-state index in [1.54, 1.807) is 24.3 Å². The Bertz CT molecular complexity index is 819. The molecule has 2 aromatic carbocycles. The number of hydrogen-bond donors (Lipinski definition) is 2. The quantitative estimate of drug-likeness (QED) is 0.832. The van der Waals surface area contributed by atoms with Crippen molar-refractivity contribution in [2.75, 3.05) is 6.54 Å². The van der Waals surface area contributed by atoms with E-state index < -0.39 is 20.6 Å². The van der Waals surface area contributed by atoms with E-state index >= 15 is 0 Å². The lowest BCUT2D eigenvalue weighted by atomic mass is 10.1. The molecule has 4 nitrogen and oxygen atoms in total. The van der Waals surface area contributed by atoms with Crippen molar-refractivity contribution in [3.8, 4) is 0 Å². The zero-order valence-electron chi connectivity index (χ0n) is 12.7. The highest BCUT2D eigenvalue weighted by atomic mass is 79.9. The molecule has 0 heterocycles. The number of halogens is 1. The van der Waals surface area contributed by atoms with Crippen LogP contribution in [0, 0.1) is 6.92 Å². The molecule has 3 atom stereocenters. The second-order valence-corrected chi connectivity index (χ2v) is 9.11. The Morgan fingerprint density at radius 1 is 1.09 bits per heavy atom. The molecule has 0 aliphatic heterocycles. The first-order valence-electron chi connectivity index (χ1n) is 7.35. The summed E-state index contributed by atoms with van der Waals surface area (Å²) < 4.78 is 26.9. The first-order valence-corrected chi connectivity index (χ1v) is 9.69. The van der Waals surface area contributed by atoms with Gasteiger partial charge in [0.05, 0.1) is 15.7 Å². The van der Waals surface area contributed by atoms with Crippen molar-refractivity contribution in [1.82, 2.24) is 0 Å². The molecular formula is C17H19BrN2O2S. The summed E-state index contributed by atoms with van der Waals surface area (Å²) in [4.78, 5) is 0.302. The Kier molecular flexibility index (Phi) is 4.13. The molecule has 0 unspecified atom stereocenters. The Balaban J connectivity index is 2.01. The van der Waals surface area contributed by atoms with Gasteiger partial charge in [-0.1, -0.05) is 45.8 Å². The van der Waals surface area contributed by atoms with Gasteiger partial charge in [0.2, 0.25) is 0 Å². The van der Waals surface area contributed by atoms with Crippen molar-refractivity contribution in [3.63, 3.8) is 0 Å². The van der Waals surface area contributed by atoms with Gasteiger partial charge in [0, 0.05) is 16.9 Å². The van der Waals surface area contributed by atoms with Crippen molar-refractivity contribution < 1.29 is 8.42 Å². The lowest BCUT2D eigenvalue weighted by Gasteiger charge is -2.09. The van der Waals surface area contributed by atoms with Crippen LogP contribution in [0.2, 0.25) is 0 Å². The predicted molar refractivity (Wildman–Crippen MR) is 95.0 cm³/mol. The SMILES string of the molecule is Cc1ccc(S(=O)(=O)[C@H]2[C@@H](c3ccc(Br)cc3)[C@@]2(N)CN)cc1. The van der Waals surface area contributed by atoms with Gasteiger partial charge in [0.25, 0.3) is 0 Å². The summed E-state index contributed by atoms with van der Waals surface area (Å²) in [6.45, 7) is 2.05. The summed E-state index contributed by atoms with van der Waals surface area (Å²) >= 11 is 3.38. The molecule has 122 valence electrons. The zero-order valence-corrected chi connectivity index (χ0v) is 15.1. The maximum Gasteiger partial charge on any atom is 0.183 e. The van der Waals surface area contributed by atoms with E-state index in [9.17, 15) is 8.42 Å². The third-order valence-corrected chi connectivity index (χ3v) is 7.41. The fraction of sp³-hybridized carbons (Fsp3) is 0.294. The molecule has 3 rings (SSSR count). The van der Waals surface area contributed by atoms with Gasteiger partial charge < -0.3 is 11.5 Å². The van der Waals surface area contributed by atoms with E-state index in [1.807, 2.05) is 31.2 Å². The van der Waals surface area contributed by atoms with E-state index in [0.29, 0.717) is 4.90 Å². The van der Waals surface area contributed by atoms with Crippen molar-refractivity contribution >= 4 is 25.8 Å². The van der Waals surface area contributed by atoms with Crippen molar-refractivity contribution in [2.24, 2.45) is 11.5 Å². The van der Waals surface area contributed by atoms with E-state index in [1.165, 1.54) is 0 Å². The molecule has 2 aromatic rings. The molecule has 1 aliphatic carbocycles. The van der Waals surface area contributed by atoms with Crippen molar-refractivity contribution in [1.29, 1.82) is 0 Å². The fourth-order valence-corrected chi connectivity index (χ4v) is 5.75. The summed E-state index contributed by atoms with van der Waals surface area (Å²) in [5.74, 6) is -0.285. The van der Waals surface area contributed by atoms with Gasteiger partial charge in [-0.3, -0.25) is 0 Å². The Morgan fingerprint density at radius 2 is 1.65 bits per heavy atom. The van der Waals surface area contributed by atoms with E-state index in [4.69, 9.17) is 11.5 Å². The lowest BCUT2D eigenvalue weighted by molar-refractivity contribution is 0.586. The lowest BCUT2D eigenvalue weighted by Crippen LogP contribution is -2.39. The number of nitrogens with two attached hydrogens (primary N) is 2. The van der Waals surface area contributed by atoms with Crippen LogP contribution in [0.3, 0.4) is 0 Å². The largest absolute Gasteiger partial charge is 0.329 e. The highest BCUT2D eigenvalue weighted by molar-refractivity contribution is 9.10. The van der Waals surface area contributed by atoms with Crippen LogP contribution in [0.1, 0.15) is 17.0 Å². The maximum absolute atomic E-state index is 13.0. The van der Waals surface area contributed by atoms with Gasteiger partial charge in [-0.15, -0.1) is 0 Å². The minimum Gasteiger partial charge on any atom is -0.329 e. The molecule has 0 aromatic heterocycles. The van der Waals surface area contributed by atoms with Crippen LogP contribution in [-0.2, 0) is 9.84 Å². The van der Waals surface area contributed by atoms with E-state index in [2.05, 4.69) is 15.9 Å². The van der Waals surface area contributed by atoms with Gasteiger partial charge in [-0.2, -0.15) is 0 Å². The van der Waals surface area contributed by atoms with Crippen LogP contribution in [0.4, 0.5) is 0 Å². The van der Waals surface area contributed by atoms with Gasteiger partial charge >= 0.3 is 0 Å². The molecule has 0 saturated heterocycles. The normalized spacial score (nSPS) is 27.0. The Morgan fingerprint density at radius 3 is 2.17 bits per heavy atom. The van der Waals surface area contributed by atoms with E-state index in [-0.39, 0.29) is 12.5 Å². The van der Waals surface area contributed by atoms with Gasteiger partial charge in [0.15, 0.2) is 9.84 Å². The van der Waals surface area contributed by atoms with Crippen molar-refractivity contribution in [2.45, 2.75) is 28.5 Å². The Labute approximate surface area is 144 Å². The molecule has 6 heteroatoms. The third-order valence-electron chi connectivity index (χ3n) is 4.57. The second kappa shape index (κ2) is 5.70. The van der Waals surface area contributed by atoms with Crippen LogP contribution < -0.4 is 11.5 Å². The smallest absolute Gasteiger partial charge is 0.183 e. The molecule has 0 spiro atoms. The summed E-state index contributed by atoms with van der Waals surface area (Å²) in [6, 6.07) is 14.4. The molecule has 0 amide bonds. The standard InChI is InChI=1S/C17H19BrN2O2S/c1-11-2-8-14(9-3-11)23(21,22)16-15(17(16,20)10-19)12-4-6-13(18)7-5-12/h2-9,15-16H,10,19-20H2,1H3/t15-,16+,17+/m1/s1. The summed E-state index contributed by atoms with van der Waals surface area (Å²) in [6.07, 6.45) is 0. The van der Waals surface area contributed by atoms with Crippen LogP contribution in [0.5, 0.6) is 0 Å². The van der Waals surface area contributed by atoms with Crippen LogP contribution >= 0.6 is 15.9 Å². The average molecular weight is 395 g/mol. The van der Waals surface area contributed by atoms with Crippen LogP contribution in [0.15, 0.2) is 57.9 Å². The Hall–Kier alpha value is -1.21. The number of benzene rings is 2. The summed E-state index contributed by atoms with van der Waals surface area (Å²) in [5, 5.41) is -0.691. The number of rotatable bonds is 4.